The molecule has 29 heavy (non-hydrogen) atoms. The van der Waals surface area contributed by atoms with E-state index in [9.17, 15) is 9.59 Å². The average Bonchev–Trinajstić information content (AvgIpc) is 3.00. The monoisotopic (exact) mass is 400 g/mol. The zero-order valence-electron chi connectivity index (χ0n) is 17.5. The Morgan fingerprint density at radius 2 is 1.66 bits per heavy atom. The molecule has 2 bridgehead atoms. The Morgan fingerprint density at radius 1 is 1.00 bits per heavy atom. The van der Waals surface area contributed by atoms with Crippen LogP contribution >= 0.6 is 0 Å². The van der Waals surface area contributed by atoms with Gasteiger partial charge in [-0.3, -0.25) is 9.59 Å². The third-order valence-corrected chi connectivity index (χ3v) is 6.58. The van der Waals surface area contributed by atoms with Crippen LogP contribution in [0.1, 0.15) is 62.7 Å². The maximum Gasteiger partial charge on any atom is 0.257 e. The average molecular weight is 401 g/mol. The van der Waals surface area contributed by atoms with E-state index in [1.165, 1.54) is 0 Å². The van der Waals surface area contributed by atoms with Gasteiger partial charge in [-0.15, -0.1) is 0 Å². The molecule has 6 nitrogen and oxygen atoms in total. The van der Waals surface area contributed by atoms with Gasteiger partial charge < -0.3 is 19.3 Å². The number of para-hydroxylation sites is 1. The summed E-state index contributed by atoms with van der Waals surface area (Å²) < 4.78 is 12.1. The highest BCUT2D eigenvalue weighted by Crippen LogP contribution is 2.38. The van der Waals surface area contributed by atoms with Gasteiger partial charge in [0.2, 0.25) is 5.91 Å². The van der Waals surface area contributed by atoms with E-state index in [2.05, 4.69) is 4.90 Å². The lowest BCUT2D eigenvalue weighted by Gasteiger charge is -2.41. The Morgan fingerprint density at radius 3 is 2.28 bits per heavy atom. The minimum Gasteiger partial charge on any atom is -0.493 e. The SMILES string of the molecule is CCOc1ccccc1C(=O)N1CCC(OC2C[C@H]3CC[C@@H](C2)N3C(C)=O)CC1. The number of hydrogen-bond donors (Lipinski definition) is 0. The molecule has 0 radical (unpaired) electrons. The molecule has 3 aliphatic rings. The molecule has 1 aromatic rings. The van der Waals surface area contributed by atoms with Crippen LogP contribution in [0.25, 0.3) is 0 Å². The summed E-state index contributed by atoms with van der Waals surface area (Å²) in [7, 11) is 0. The zero-order valence-corrected chi connectivity index (χ0v) is 17.5. The fraction of sp³-hybridized carbons (Fsp3) is 0.652. The number of piperidine rings is 2. The molecule has 3 fully saturated rings. The highest BCUT2D eigenvalue weighted by Gasteiger charge is 2.43. The Kier molecular flexibility index (Phi) is 6.09. The van der Waals surface area contributed by atoms with E-state index >= 15 is 0 Å². The number of hydrogen-bond acceptors (Lipinski definition) is 4. The topological polar surface area (TPSA) is 59.1 Å². The van der Waals surface area contributed by atoms with Crippen molar-refractivity contribution in [2.75, 3.05) is 19.7 Å². The van der Waals surface area contributed by atoms with Crippen molar-refractivity contribution < 1.29 is 19.1 Å². The van der Waals surface area contributed by atoms with E-state index in [0.717, 1.165) is 38.5 Å². The quantitative estimate of drug-likeness (QED) is 0.761. The fourth-order valence-electron chi connectivity index (χ4n) is 5.31. The van der Waals surface area contributed by atoms with E-state index in [1.807, 2.05) is 36.1 Å². The highest BCUT2D eigenvalue weighted by molar-refractivity contribution is 5.97. The number of carbonyl (C=O) groups is 2. The number of likely N-dealkylation sites (tertiary alicyclic amines) is 1. The molecule has 3 atom stereocenters. The van der Waals surface area contributed by atoms with Gasteiger partial charge in [0, 0.05) is 32.1 Å². The maximum atomic E-state index is 13.0. The van der Waals surface area contributed by atoms with Crippen LogP contribution in [0.3, 0.4) is 0 Å². The molecule has 3 saturated heterocycles. The molecule has 0 aromatic heterocycles. The number of ether oxygens (including phenoxy) is 2. The van der Waals surface area contributed by atoms with Crippen molar-refractivity contribution in [2.45, 2.75) is 76.7 Å². The number of amides is 2. The highest BCUT2D eigenvalue weighted by atomic mass is 16.5. The number of fused-ring (bicyclic) bond motifs is 2. The maximum absolute atomic E-state index is 13.0. The predicted octanol–water partition coefficient (Wildman–Crippen LogP) is 3.25. The first-order chi connectivity index (χ1) is 14.1. The summed E-state index contributed by atoms with van der Waals surface area (Å²) in [5, 5.41) is 0. The summed E-state index contributed by atoms with van der Waals surface area (Å²) in [5.74, 6) is 0.904. The second-order valence-corrected chi connectivity index (χ2v) is 8.46. The van der Waals surface area contributed by atoms with Gasteiger partial charge in [0.05, 0.1) is 24.4 Å². The standard InChI is InChI=1S/C23H32N2O4/c1-3-28-22-7-5-4-6-21(22)23(27)24-12-10-19(11-13-24)29-20-14-17-8-9-18(15-20)25(17)16(2)26/h4-7,17-20H,3,8-15H2,1-2H3/t17-,18+,20?. The van der Waals surface area contributed by atoms with Gasteiger partial charge >= 0.3 is 0 Å². The second kappa shape index (κ2) is 8.74. The third kappa shape index (κ3) is 4.27. The van der Waals surface area contributed by atoms with Gasteiger partial charge in [-0.1, -0.05) is 12.1 Å². The van der Waals surface area contributed by atoms with Crippen LogP contribution in [0.2, 0.25) is 0 Å². The largest absolute Gasteiger partial charge is 0.493 e. The molecule has 2 amide bonds. The minimum atomic E-state index is 0.0420. The van der Waals surface area contributed by atoms with Gasteiger partial charge in [0.15, 0.2) is 0 Å². The summed E-state index contributed by atoms with van der Waals surface area (Å²) in [6.07, 6.45) is 6.30. The molecular formula is C23H32N2O4. The Hall–Kier alpha value is -2.08. The number of rotatable bonds is 5. The summed E-state index contributed by atoms with van der Waals surface area (Å²) >= 11 is 0. The molecule has 4 rings (SSSR count). The van der Waals surface area contributed by atoms with Gasteiger partial charge in [0.25, 0.3) is 5.91 Å². The molecular weight excluding hydrogens is 368 g/mol. The Bertz CT molecular complexity index is 730. The number of nitrogens with zero attached hydrogens (tertiary/aromatic N) is 2. The van der Waals surface area contributed by atoms with E-state index in [0.29, 0.717) is 43.1 Å². The summed E-state index contributed by atoms with van der Waals surface area (Å²) in [6.45, 7) is 5.58. The summed E-state index contributed by atoms with van der Waals surface area (Å²) in [6, 6.07) is 8.18. The van der Waals surface area contributed by atoms with Crippen LogP contribution in [0.4, 0.5) is 0 Å². The number of benzene rings is 1. The third-order valence-electron chi connectivity index (χ3n) is 6.58. The van der Waals surface area contributed by atoms with Crippen LogP contribution in [-0.2, 0) is 9.53 Å². The van der Waals surface area contributed by atoms with Crippen LogP contribution in [0.15, 0.2) is 24.3 Å². The van der Waals surface area contributed by atoms with Crippen molar-refractivity contribution in [2.24, 2.45) is 0 Å². The predicted molar refractivity (Wildman–Crippen MR) is 110 cm³/mol. The van der Waals surface area contributed by atoms with Crippen LogP contribution in [-0.4, -0.2) is 65.6 Å². The molecule has 0 aliphatic carbocycles. The van der Waals surface area contributed by atoms with Crippen molar-refractivity contribution >= 4 is 11.8 Å². The molecule has 1 aromatic carbocycles. The first-order valence-corrected chi connectivity index (χ1v) is 11.0. The minimum absolute atomic E-state index is 0.0420. The van der Waals surface area contributed by atoms with E-state index in [4.69, 9.17) is 9.47 Å². The molecule has 0 spiro atoms. The molecule has 3 aliphatic heterocycles. The molecule has 6 heteroatoms. The lowest BCUT2D eigenvalue weighted by atomic mass is 9.98. The van der Waals surface area contributed by atoms with E-state index in [1.54, 1.807) is 6.92 Å². The number of carbonyl (C=O) groups excluding carboxylic acids is 2. The van der Waals surface area contributed by atoms with Crippen molar-refractivity contribution in [1.82, 2.24) is 9.80 Å². The molecule has 158 valence electrons. The fourth-order valence-corrected chi connectivity index (χ4v) is 5.31. The van der Waals surface area contributed by atoms with Gasteiger partial charge in [-0.05, 0) is 57.6 Å². The summed E-state index contributed by atoms with van der Waals surface area (Å²) in [5.41, 5.74) is 0.641. The van der Waals surface area contributed by atoms with Gasteiger partial charge in [-0.25, -0.2) is 0 Å². The lowest BCUT2D eigenvalue weighted by Crippen LogP contribution is -2.49. The Balaban J connectivity index is 1.29. The van der Waals surface area contributed by atoms with Crippen molar-refractivity contribution in [3.05, 3.63) is 29.8 Å². The van der Waals surface area contributed by atoms with E-state index < -0.39 is 0 Å². The molecule has 1 unspecified atom stereocenters. The van der Waals surface area contributed by atoms with Crippen molar-refractivity contribution in [3.63, 3.8) is 0 Å². The van der Waals surface area contributed by atoms with Gasteiger partial charge in [0.1, 0.15) is 5.75 Å². The second-order valence-electron chi connectivity index (χ2n) is 8.46. The first-order valence-electron chi connectivity index (χ1n) is 11.0. The molecule has 0 N–H and O–H groups in total. The normalized spacial score (nSPS) is 27.2. The van der Waals surface area contributed by atoms with Crippen molar-refractivity contribution in [1.29, 1.82) is 0 Å². The van der Waals surface area contributed by atoms with E-state index in [-0.39, 0.29) is 24.0 Å². The molecule has 3 heterocycles. The Labute approximate surface area is 173 Å². The first kappa shape index (κ1) is 20.2. The van der Waals surface area contributed by atoms with Crippen LogP contribution in [0.5, 0.6) is 5.75 Å². The zero-order chi connectivity index (χ0) is 20.4. The lowest BCUT2D eigenvalue weighted by molar-refractivity contribution is -0.138. The van der Waals surface area contributed by atoms with Crippen LogP contribution in [0, 0.1) is 0 Å². The summed E-state index contributed by atoms with van der Waals surface area (Å²) in [4.78, 5) is 28.8. The van der Waals surface area contributed by atoms with Crippen LogP contribution < -0.4 is 4.74 Å². The smallest absolute Gasteiger partial charge is 0.257 e. The molecule has 0 saturated carbocycles. The van der Waals surface area contributed by atoms with Gasteiger partial charge in [-0.2, -0.15) is 0 Å². The van der Waals surface area contributed by atoms with Crippen molar-refractivity contribution in [3.8, 4) is 5.75 Å².